The number of hydrogen-bond acceptors (Lipinski definition) is 3. The van der Waals surface area contributed by atoms with Crippen LogP contribution in [0.2, 0.25) is 0 Å². The molecule has 1 saturated heterocycles. The lowest BCUT2D eigenvalue weighted by molar-refractivity contribution is -0.122. The van der Waals surface area contributed by atoms with E-state index in [4.69, 9.17) is 0 Å². The first-order chi connectivity index (χ1) is 8.61. The summed E-state index contributed by atoms with van der Waals surface area (Å²) in [5.41, 5.74) is 0. The molecule has 106 valence electrons. The summed E-state index contributed by atoms with van der Waals surface area (Å²) in [7, 11) is 0. The minimum atomic E-state index is 0.147. The van der Waals surface area contributed by atoms with Gasteiger partial charge >= 0.3 is 0 Å². The first-order valence-corrected chi connectivity index (χ1v) is 7.34. The highest BCUT2D eigenvalue weighted by atomic mass is 16.2. The Labute approximate surface area is 111 Å². The minimum absolute atomic E-state index is 0.147. The van der Waals surface area contributed by atoms with Crippen LogP contribution in [-0.2, 0) is 4.79 Å². The fraction of sp³-hybridized carbons (Fsp3) is 0.929. The van der Waals surface area contributed by atoms with Crippen molar-refractivity contribution < 1.29 is 4.79 Å². The molecular weight excluding hydrogens is 226 g/mol. The summed E-state index contributed by atoms with van der Waals surface area (Å²) in [6.07, 6.45) is 3.84. The second-order valence-corrected chi connectivity index (χ2v) is 5.59. The molecule has 0 radical (unpaired) electrons. The predicted molar refractivity (Wildman–Crippen MR) is 75.6 cm³/mol. The van der Waals surface area contributed by atoms with E-state index in [0.717, 1.165) is 25.6 Å². The quantitative estimate of drug-likeness (QED) is 0.719. The van der Waals surface area contributed by atoms with Crippen LogP contribution in [0.15, 0.2) is 0 Å². The number of carbonyl (C=O) groups is 1. The molecule has 1 fully saturated rings. The number of rotatable bonds is 7. The Kier molecular flexibility index (Phi) is 7.28. The zero-order valence-corrected chi connectivity index (χ0v) is 12.2. The van der Waals surface area contributed by atoms with Crippen molar-refractivity contribution in [3.8, 4) is 0 Å². The average Bonchev–Trinajstić information content (AvgIpc) is 2.34. The summed E-state index contributed by atoms with van der Waals surface area (Å²) >= 11 is 0. The van der Waals surface area contributed by atoms with Crippen molar-refractivity contribution in [2.45, 2.75) is 46.1 Å². The molecule has 0 aliphatic carbocycles. The molecule has 0 aromatic heterocycles. The molecule has 1 heterocycles. The van der Waals surface area contributed by atoms with Crippen molar-refractivity contribution in [3.63, 3.8) is 0 Å². The zero-order valence-electron chi connectivity index (χ0n) is 12.2. The minimum Gasteiger partial charge on any atom is -0.353 e. The molecule has 0 bridgehead atoms. The molecule has 1 aliphatic heterocycles. The topological polar surface area (TPSA) is 44.4 Å². The summed E-state index contributed by atoms with van der Waals surface area (Å²) < 4.78 is 0. The molecule has 4 heteroatoms. The van der Waals surface area contributed by atoms with Gasteiger partial charge in [0.25, 0.3) is 0 Å². The number of piperidine rings is 1. The molecule has 1 atom stereocenters. The van der Waals surface area contributed by atoms with Gasteiger partial charge in [-0.2, -0.15) is 0 Å². The van der Waals surface area contributed by atoms with Gasteiger partial charge in [0.05, 0.1) is 6.54 Å². The average molecular weight is 255 g/mol. The van der Waals surface area contributed by atoms with E-state index < -0.39 is 0 Å². The van der Waals surface area contributed by atoms with Gasteiger partial charge in [0.1, 0.15) is 0 Å². The Bertz CT molecular complexity index is 237. The molecule has 1 amide bonds. The molecule has 0 spiro atoms. The van der Waals surface area contributed by atoms with Crippen LogP contribution in [0.3, 0.4) is 0 Å². The zero-order chi connectivity index (χ0) is 13.4. The molecular formula is C14H29N3O. The first-order valence-electron chi connectivity index (χ1n) is 7.34. The summed E-state index contributed by atoms with van der Waals surface area (Å²) in [6, 6.07) is 0.235. The Morgan fingerprint density at radius 2 is 2.28 bits per heavy atom. The maximum atomic E-state index is 11.7. The van der Waals surface area contributed by atoms with Crippen LogP contribution >= 0.6 is 0 Å². The van der Waals surface area contributed by atoms with E-state index in [1.54, 1.807) is 0 Å². The Morgan fingerprint density at radius 1 is 1.50 bits per heavy atom. The van der Waals surface area contributed by atoms with Gasteiger partial charge in [-0.15, -0.1) is 0 Å². The lowest BCUT2D eigenvalue weighted by Gasteiger charge is -2.26. The highest BCUT2D eigenvalue weighted by Gasteiger charge is 2.15. The summed E-state index contributed by atoms with van der Waals surface area (Å²) in [5, 5.41) is 6.40. The van der Waals surface area contributed by atoms with E-state index in [1.807, 2.05) is 13.8 Å². The second kappa shape index (κ2) is 8.48. The number of carbonyl (C=O) groups excluding carboxylic acids is 1. The summed E-state index contributed by atoms with van der Waals surface area (Å²) in [6.45, 7) is 11.0. The largest absolute Gasteiger partial charge is 0.353 e. The van der Waals surface area contributed by atoms with Crippen LogP contribution < -0.4 is 10.6 Å². The summed E-state index contributed by atoms with van der Waals surface area (Å²) in [4.78, 5) is 14.0. The van der Waals surface area contributed by atoms with Crippen molar-refractivity contribution >= 4 is 5.91 Å². The van der Waals surface area contributed by atoms with Crippen LogP contribution in [0.4, 0.5) is 0 Å². The van der Waals surface area contributed by atoms with E-state index in [9.17, 15) is 4.79 Å². The standard InChI is InChI=1S/C14H29N3O/c1-4-17(11-14(18)16-12(2)3)9-7-13-6-5-8-15-10-13/h12-13,15H,4-11H2,1-3H3,(H,16,18). The highest BCUT2D eigenvalue weighted by molar-refractivity contribution is 5.78. The number of nitrogens with zero attached hydrogens (tertiary/aromatic N) is 1. The van der Waals surface area contributed by atoms with Crippen molar-refractivity contribution in [1.29, 1.82) is 0 Å². The number of amides is 1. The molecule has 1 aliphatic rings. The highest BCUT2D eigenvalue weighted by Crippen LogP contribution is 2.14. The van der Waals surface area contributed by atoms with Crippen LogP contribution in [0.25, 0.3) is 0 Å². The third kappa shape index (κ3) is 6.36. The van der Waals surface area contributed by atoms with Crippen molar-refractivity contribution in [1.82, 2.24) is 15.5 Å². The van der Waals surface area contributed by atoms with Gasteiger partial charge in [0.2, 0.25) is 5.91 Å². The molecule has 1 unspecified atom stereocenters. The van der Waals surface area contributed by atoms with Crippen LogP contribution in [-0.4, -0.2) is 49.6 Å². The second-order valence-electron chi connectivity index (χ2n) is 5.59. The van der Waals surface area contributed by atoms with E-state index in [2.05, 4.69) is 22.5 Å². The summed E-state index contributed by atoms with van der Waals surface area (Å²) in [5.74, 6) is 0.939. The van der Waals surface area contributed by atoms with Gasteiger partial charge in [-0.1, -0.05) is 6.92 Å². The van der Waals surface area contributed by atoms with Crippen molar-refractivity contribution in [2.75, 3.05) is 32.7 Å². The van der Waals surface area contributed by atoms with Crippen molar-refractivity contribution in [2.24, 2.45) is 5.92 Å². The lowest BCUT2D eigenvalue weighted by Crippen LogP contribution is -2.41. The van der Waals surface area contributed by atoms with E-state index in [0.29, 0.717) is 6.54 Å². The Morgan fingerprint density at radius 3 is 2.83 bits per heavy atom. The van der Waals surface area contributed by atoms with Crippen LogP contribution in [0.5, 0.6) is 0 Å². The Hall–Kier alpha value is -0.610. The lowest BCUT2D eigenvalue weighted by atomic mass is 9.96. The predicted octanol–water partition coefficient (Wildman–Crippen LogP) is 1.22. The smallest absolute Gasteiger partial charge is 0.234 e. The number of likely N-dealkylation sites (N-methyl/N-ethyl adjacent to an activating group) is 1. The molecule has 0 saturated carbocycles. The van der Waals surface area contributed by atoms with E-state index in [1.165, 1.54) is 25.8 Å². The van der Waals surface area contributed by atoms with Crippen molar-refractivity contribution in [3.05, 3.63) is 0 Å². The number of nitrogens with one attached hydrogen (secondary N) is 2. The van der Waals surface area contributed by atoms with Gasteiger partial charge < -0.3 is 10.6 Å². The molecule has 18 heavy (non-hydrogen) atoms. The third-order valence-corrected chi connectivity index (χ3v) is 3.52. The maximum absolute atomic E-state index is 11.7. The molecule has 0 aromatic carbocycles. The first kappa shape index (κ1) is 15.4. The number of hydrogen-bond donors (Lipinski definition) is 2. The van der Waals surface area contributed by atoms with Crippen LogP contribution in [0.1, 0.15) is 40.0 Å². The SMILES string of the molecule is CCN(CCC1CCCNC1)CC(=O)NC(C)C. The maximum Gasteiger partial charge on any atom is 0.234 e. The van der Waals surface area contributed by atoms with Gasteiger partial charge in [0, 0.05) is 6.04 Å². The normalized spacial score (nSPS) is 20.4. The van der Waals surface area contributed by atoms with Gasteiger partial charge in [0.15, 0.2) is 0 Å². The molecule has 2 N–H and O–H groups in total. The van der Waals surface area contributed by atoms with Gasteiger partial charge in [-0.25, -0.2) is 0 Å². The van der Waals surface area contributed by atoms with Gasteiger partial charge in [-0.05, 0) is 65.2 Å². The molecule has 4 nitrogen and oxygen atoms in total. The Balaban J connectivity index is 2.21. The fourth-order valence-electron chi connectivity index (χ4n) is 2.46. The third-order valence-electron chi connectivity index (χ3n) is 3.52. The van der Waals surface area contributed by atoms with Crippen LogP contribution in [0, 0.1) is 5.92 Å². The van der Waals surface area contributed by atoms with E-state index >= 15 is 0 Å². The van der Waals surface area contributed by atoms with Gasteiger partial charge in [-0.3, -0.25) is 9.69 Å². The molecule has 1 rings (SSSR count). The molecule has 0 aromatic rings. The monoisotopic (exact) mass is 255 g/mol. The fourth-order valence-corrected chi connectivity index (χ4v) is 2.46. The van der Waals surface area contributed by atoms with E-state index in [-0.39, 0.29) is 11.9 Å².